The van der Waals surface area contributed by atoms with Crippen molar-refractivity contribution >= 4 is 65.9 Å². The molecule has 0 aliphatic carbocycles. The van der Waals surface area contributed by atoms with Crippen LogP contribution in [0.3, 0.4) is 0 Å². The number of carbonyl (C=O) groups is 5. The van der Waals surface area contributed by atoms with Gasteiger partial charge in [-0.2, -0.15) is 0 Å². The van der Waals surface area contributed by atoms with Gasteiger partial charge in [0.05, 0.1) is 6.61 Å². The number of rotatable bonds is 23. The highest BCUT2D eigenvalue weighted by Crippen LogP contribution is 2.67. The lowest BCUT2D eigenvalue weighted by Crippen LogP contribution is -2.17. The number of amides is 3. The zero-order chi connectivity index (χ0) is 41.8. The molecule has 3 amide bonds. The number of anilines is 3. The summed E-state index contributed by atoms with van der Waals surface area (Å²) in [7, 11) is 0. The van der Waals surface area contributed by atoms with E-state index in [-0.39, 0.29) is 56.3 Å². The second-order valence-electron chi connectivity index (χ2n) is 11.3. The highest BCUT2D eigenvalue weighted by atomic mass is 32.7. The summed E-state index contributed by atoms with van der Waals surface area (Å²) in [6.07, 6.45) is 0.931. The molecule has 1 aliphatic rings. The molecule has 3 unspecified atom stereocenters. The lowest BCUT2D eigenvalue weighted by Gasteiger charge is -2.19. The molecule has 1 heterocycles. The average Bonchev–Trinajstić information content (AvgIpc) is 3.99. The molecule has 4 rings (SSSR count). The Kier molecular flexibility index (Phi) is 17.7. The summed E-state index contributed by atoms with van der Waals surface area (Å²) in [4.78, 5) is 58.8. The molecule has 0 aromatic heterocycles. The van der Waals surface area contributed by atoms with Crippen LogP contribution in [0.2, 0.25) is 0 Å². The van der Waals surface area contributed by atoms with E-state index >= 15 is 0 Å². The molecular formula is C38H47N3O15PS+. The van der Waals surface area contributed by atoms with Gasteiger partial charge in [-0.15, -0.1) is 6.58 Å². The van der Waals surface area contributed by atoms with E-state index in [1.807, 2.05) is 0 Å². The van der Waals surface area contributed by atoms with Gasteiger partial charge < -0.3 is 37.3 Å². The van der Waals surface area contributed by atoms with E-state index < -0.39 is 37.1 Å². The van der Waals surface area contributed by atoms with Crippen LogP contribution in [-0.4, -0.2) is 88.9 Å². The zero-order valence-electron chi connectivity index (χ0n) is 31.2. The Morgan fingerprint density at radius 2 is 1.00 bits per heavy atom. The van der Waals surface area contributed by atoms with E-state index in [2.05, 4.69) is 35.7 Å². The van der Waals surface area contributed by atoms with E-state index in [9.17, 15) is 24.0 Å². The largest absolute Gasteiger partial charge is 0.459 e. The summed E-state index contributed by atoms with van der Waals surface area (Å²) in [5, 5.41) is 7.74. The summed E-state index contributed by atoms with van der Waals surface area (Å²) in [5.74, 6) is -0.108. The van der Waals surface area contributed by atoms with E-state index in [1.54, 1.807) is 85.5 Å². The van der Waals surface area contributed by atoms with Crippen molar-refractivity contribution in [3.05, 3.63) is 111 Å². The first-order valence-corrected chi connectivity index (χ1v) is 20.6. The number of carbonyl (C=O) groups excluding carboxylic acids is 5. The van der Waals surface area contributed by atoms with Crippen molar-refractivity contribution in [2.75, 3.05) is 62.3 Å². The topological polar surface area (TPSA) is 217 Å². The molecule has 58 heavy (non-hydrogen) atoms. The van der Waals surface area contributed by atoms with Gasteiger partial charge in [-0.05, 0) is 72.8 Å². The molecular weight excluding hydrogens is 801 g/mol. The lowest BCUT2D eigenvalue weighted by atomic mass is 10.3. The van der Waals surface area contributed by atoms with E-state index in [4.69, 9.17) is 46.4 Å². The predicted octanol–water partition coefficient (Wildman–Crippen LogP) is 8.03. The first kappa shape index (κ1) is 44.4. The SMILES string of the molecule is C=CC(=O)OCCOC(=O)Nc1ccc(OS[P+](C)(Oc2ccc(NC(=O)OCCOC(=O)C=C)cc2)Oc2ccc(NC(=O)OCCOC3OC3C=C)cc2)cc1.[HH].[HH].[HH]. The van der Waals surface area contributed by atoms with Gasteiger partial charge in [-0.1, -0.05) is 19.2 Å². The average molecular weight is 849 g/mol. The van der Waals surface area contributed by atoms with Crippen molar-refractivity contribution < 1.29 is 74.6 Å². The molecule has 3 N–H and O–H groups in total. The Hall–Kier alpha value is -6.27. The van der Waals surface area contributed by atoms with Crippen LogP contribution in [-0.2, 0) is 42.7 Å². The van der Waals surface area contributed by atoms with Crippen LogP contribution >= 0.6 is 18.6 Å². The van der Waals surface area contributed by atoms with Crippen molar-refractivity contribution in [1.82, 2.24) is 0 Å². The molecule has 20 heteroatoms. The Balaban J connectivity index is 0.00000620. The molecule has 314 valence electrons. The fourth-order valence-corrected chi connectivity index (χ4v) is 6.98. The number of hydrogen-bond donors (Lipinski definition) is 3. The zero-order valence-corrected chi connectivity index (χ0v) is 32.9. The minimum Gasteiger partial charge on any atom is -0.459 e. The Morgan fingerprint density at radius 3 is 1.38 bits per heavy atom. The molecule has 3 atom stereocenters. The Labute approximate surface area is 342 Å². The van der Waals surface area contributed by atoms with Crippen molar-refractivity contribution in [2.45, 2.75) is 12.4 Å². The Bertz CT molecular complexity index is 1900. The number of hydrogen-bond acceptors (Lipinski definition) is 16. The molecule has 1 fully saturated rings. The Morgan fingerprint density at radius 1 is 0.621 bits per heavy atom. The van der Waals surface area contributed by atoms with Gasteiger partial charge in [0.15, 0.2) is 17.8 Å². The summed E-state index contributed by atoms with van der Waals surface area (Å²) in [6.45, 7) is 8.51. The summed E-state index contributed by atoms with van der Waals surface area (Å²) < 4.78 is 53.9. The minimum atomic E-state index is -3.02. The number of ether oxygens (including phenoxy) is 7. The van der Waals surface area contributed by atoms with Gasteiger partial charge in [-0.25, -0.2) is 24.0 Å². The molecule has 3 aromatic rings. The standard InChI is InChI=1S/C38H40N3O15PS.3H2/c1-5-32-35(53-32)49-22-25-52-38(46)40-27-10-16-30(17-11-27)55-57(4,54-29-14-8-26(9-15-29)39-36(44)50-23-20-47-33(42)6-2)58-56-31-18-12-28(13-19-31)41-37(45)51-24-21-48-34(43)7-3;;;/h5-19,32,35H,1-3,20-25H2,4H3,(H2-,39,40,41,44,45,46);3*1H/p+1. The second kappa shape index (κ2) is 23.1. The van der Waals surface area contributed by atoms with Crippen LogP contribution in [0.25, 0.3) is 0 Å². The maximum absolute atomic E-state index is 12.3. The second-order valence-corrected chi connectivity index (χ2v) is 15.9. The third kappa shape index (κ3) is 16.4. The lowest BCUT2D eigenvalue weighted by molar-refractivity contribution is -0.139. The van der Waals surface area contributed by atoms with E-state index in [0.717, 1.165) is 23.8 Å². The number of epoxide rings is 1. The van der Waals surface area contributed by atoms with Crippen LogP contribution < -0.4 is 29.2 Å². The highest BCUT2D eigenvalue weighted by Gasteiger charge is 2.45. The monoisotopic (exact) mass is 848 g/mol. The quantitative estimate of drug-likeness (QED) is 0.0120. The van der Waals surface area contributed by atoms with Gasteiger partial charge in [0.2, 0.25) is 0 Å². The molecule has 1 saturated heterocycles. The predicted molar refractivity (Wildman–Crippen MR) is 220 cm³/mol. The maximum atomic E-state index is 12.3. The summed E-state index contributed by atoms with van der Waals surface area (Å²) in [6, 6.07) is 19.2. The van der Waals surface area contributed by atoms with Crippen molar-refractivity contribution in [2.24, 2.45) is 0 Å². The van der Waals surface area contributed by atoms with Gasteiger partial charge in [-0.3, -0.25) is 25.0 Å². The molecule has 18 nitrogen and oxygen atoms in total. The third-order valence-electron chi connectivity index (χ3n) is 6.88. The fraction of sp³-hybridized carbons (Fsp3) is 0.237. The van der Waals surface area contributed by atoms with Gasteiger partial charge in [0.1, 0.15) is 51.6 Å². The van der Waals surface area contributed by atoms with E-state index in [0.29, 0.717) is 34.3 Å². The highest BCUT2D eigenvalue weighted by molar-refractivity contribution is 8.57. The van der Waals surface area contributed by atoms with Crippen LogP contribution in [0.5, 0.6) is 17.2 Å². The number of esters is 2. The first-order valence-electron chi connectivity index (χ1n) is 17.2. The smallest absolute Gasteiger partial charge is 0.459 e. The molecule has 0 saturated carbocycles. The fourth-order valence-electron chi connectivity index (χ4n) is 4.18. The number of nitrogens with one attached hydrogen (secondary N) is 3. The van der Waals surface area contributed by atoms with Crippen LogP contribution in [0.4, 0.5) is 31.4 Å². The molecule has 1 aliphatic heterocycles. The summed E-state index contributed by atoms with van der Waals surface area (Å²) >= 11 is 0.926. The van der Waals surface area contributed by atoms with Crippen LogP contribution in [0, 0.1) is 0 Å². The molecule has 0 radical (unpaired) electrons. The van der Waals surface area contributed by atoms with Crippen molar-refractivity contribution in [1.29, 1.82) is 0 Å². The maximum Gasteiger partial charge on any atom is 0.459 e. The van der Waals surface area contributed by atoms with Gasteiger partial charge >= 0.3 is 48.8 Å². The minimum absolute atomic E-state index is 0. The van der Waals surface area contributed by atoms with Crippen LogP contribution in [0.15, 0.2) is 111 Å². The third-order valence-corrected chi connectivity index (χ3v) is 9.99. The number of benzene rings is 3. The summed E-state index contributed by atoms with van der Waals surface area (Å²) in [5.41, 5.74) is 1.24. The molecule has 0 bridgehead atoms. The van der Waals surface area contributed by atoms with Gasteiger partial charge in [0, 0.05) is 33.5 Å². The van der Waals surface area contributed by atoms with Crippen LogP contribution in [0.1, 0.15) is 4.28 Å². The molecule has 0 spiro atoms. The van der Waals surface area contributed by atoms with Crippen molar-refractivity contribution in [3.8, 4) is 17.2 Å². The molecule has 3 aromatic carbocycles. The van der Waals surface area contributed by atoms with Crippen molar-refractivity contribution in [3.63, 3.8) is 0 Å². The normalized spacial score (nSPS) is 14.8. The van der Waals surface area contributed by atoms with Gasteiger partial charge in [0.25, 0.3) is 0 Å². The van der Waals surface area contributed by atoms with E-state index in [1.165, 1.54) is 0 Å². The first-order chi connectivity index (χ1) is 28.0.